The summed E-state index contributed by atoms with van der Waals surface area (Å²) < 4.78 is 12.2. The van der Waals surface area contributed by atoms with Crippen LogP contribution >= 0.6 is 0 Å². The van der Waals surface area contributed by atoms with Crippen LogP contribution in [0.1, 0.15) is 84.3 Å². The molecule has 6 nitrogen and oxygen atoms in total. The molecule has 31 heavy (non-hydrogen) atoms. The fourth-order valence-corrected chi connectivity index (χ4v) is 5.13. The van der Waals surface area contributed by atoms with Crippen LogP contribution in [0.15, 0.2) is 12.1 Å². The zero-order valence-electron chi connectivity index (χ0n) is 19.4. The molecule has 2 aliphatic heterocycles. The van der Waals surface area contributed by atoms with Gasteiger partial charge in [0.25, 0.3) is 0 Å². The van der Waals surface area contributed by atoms with Crippen LogP contribution in [0.3, 0.4) is 0 Å². The van der Waals surface area contributed by atoms with Crippen LogP contribution in [0.25, 0.3) is 0 Å². The Kier molecular flexibility index (Phi) is 6.32. The molecule has 2 atom stereocenters. The van der Waals surface area contributed by atoms with Gasteiger partial charge in [0.05, 0.1) is 0 Å². The second-order valence-corrected chi connectivity index (χ2v) is 11.0. The summed E-state index contributed by atoms with van der Waals surface area (Å²) in [5.74, 6) is -0.569. The van der Waals surface area contributed by atoms with Crippen LogP contribution in [0.4, 0.5) is 0 Å². The van der Waals surface area contributed by atoms with Crippen LogP contribution in [0.5, 0.6) is 11.5 Å². The van der Waals surface area contributed by atoms with Crippen molar-refractivity contribution in [2.45, 2.75) is 90.6 Å². The minimum absolute atomic E-state index is 0.0414. The van der Waals surface area contributed by atoms with E-state index in [2.05, 4.69) is 34.6 Å². The Morgan fingerprint density at radius 1 is 1.13 bits per heavy atom. The van der Waals surface area contributed by atoms with Gasteiger partial charge in [0, 0.05) is 12.0 Å². The van der Waals surface area contributed by atoms with Gasteiger partial charge in [0.2, 0.25) is 5.60 Å². The Morgan fingerprint density at radius 2 is 1.84 bits per heavy atom. The highest BCUT2D eigenvalue weighted by Gasteiger charge is 2.45. The van der Waals surface area contributed by atoms with Crippen molar-refractivity contribution in [3.8, 4) is 11.5 Å². The zero-order valence-corrected chi connectivity index (χ0v) is 19.4. The molecular formula is C25H36O6. The summed E-state index contributed by atoms with van der Waals surface area (Å²) in [4.78, 5) is 23.7. The van der Waals surface area contributed by atoms with Crippen LogP contribution in [0.2, 0.25) is 0 Å². The number of hydrogen-bond donors (Lipinski definition) is 2. The fraction of sp³-hybridized carbons (Fsp3) is 0.680. The minimum Gasteiger partial charge on any atom is -0.482 e. The van der Waals surface area contributed by atoms with E-state index in [9.17, 15) is 14.7 Å². The van der Waals surface area contributed by atoms with Gasteiger partial charge in [0.15, 0.2) is 6.61 Å². The highest BCUT2D eigenvalue weighted by atomic mass is 16.5. The zero-order chi connectivity index (χ0) is 23.0. The molecule has 0 aromatic heterocycles. The maximum Gasteiger partial charge on any atom is 0.348 e. The second-order valence-electron chi connectivity index (χ2n) is 11.0. The van der Waals surface area contributed by atoms with Crippen molar-refractivity contribution in [3.63, 3.8) is 0 Å². The molecule has 2 unspecified atom stereocenters. The normalized spacial score (nSPS) is 27.2. The van der Waals surface area contributed by atoms with Gasteiger partial charge in [-0.05, 0) is 66.5 Å². The van der Waals surface area contributed by atoms with Gasteiger partial charge in [-0.25, -0.2) is 9.59 Å². The molecule has 0 spiro atoms. The highest BCUT2D eigenvalue weighted by Crippen LogP contribution is 2.47. The summed E-state index contributed by atoms with van der Waals surface area (Å²) in [5.41, 5.74) is 0.211. The average Bonchev–Trinajstić information content (AvgIpc) is 2.64. The fourth-order valence-electron chi connectivity index (χ4n) is 5.13. The van der Waals surface area contributed by atoms with E-state index in [1.54, 1.807) is 0 Å². The lowest BCUT2D eigenvalue weighted by Gasteiger charge is -2.39. The Bertz CT molecular complexity index is 856. The topological polar surface area (TPSA) is 93.1 Å². The molecule has 0 fully saturated rings. The first-order valence-electron chi connectivity index (χ1n) is 11.3. The molecule has 0 aliphatic carbocycles. The third-order valence-corrected chi connectivity index (χ3v) is 6.98. The molecule has 0 saturated heterocycles. The van der Waals surface area contributed by atoms with E-state index < -0.39 is 24.1 Å². The van der Waals surface area contributed by atoms with Gasteiger partial charge in [0.1, 0.15) is 11.5 Å². The molecule has 2 aliphatic rings. The lowest BCUT2D eigenvalue weighted by atomic mass is 9.75. The number of rotatable bonds is 4. The second kappa shape index (κ2) is 8.36. The summed E-state index contributed by atoms with van der Waals surface area (Å²) in [6, 6.07) is 3.80. The van der Waals surface area contributed by atoms with Crippen LogP contribution < -0.4 is 9.47 Å². The number of carboxylic acid groups (broad SMARTS) is 2. The lowest BCUT2D eigenvalue weighted by molar-refractivity contribution is -0.158. The third kappa shape index (κ3) is 5.16. The monoisotopic (exact) mass is 432 g/mol. The van der Waals surface area contributed by atoms with Gasteiger partial charge < -0.3 is 19.7 Å². The number of ether oxygens (including phenoxy) is 2. The van der Waals surface area contributed by atoms with Gasteiger partial charge >= 0.3 is 11.9 Å². The Hall–Kier alpha value is -2.24. The molecule has 2 N–H and O–H groups in total. The van der Waals surface area contributed by atoms with Crippen molar-refractivity contribution in [2.75, 3.05) is 6.61 Å². The standard InChI is InChI=1S/C25H36O6/c1-16-7-10-23(2,3)14-17-11-20-18(12-19(17)30-15-21(26)27)24(4,5)8-6-9-25(13-16,31-20)22(28)29/h11-12,16H,6-10,13-15H2,1-5H3,(H,26,27)(H,28,29). The van der Waals surface area contributed by atoms with E-state index in [4.69, 9.17) is 14.6 Å². The predicted octanol–water partition coefficient (Wildman–Crippen LogP) is 5.20. The highest BCUT2D eigenvalue weighted by molar-refractivity contribution is 5.78. The van der Waals surface area contributed by atoms with Crippen molar-refractivity contribution in [2.24, 2.45) is 11.3 Å². The Balaban J connectivity index is 2.22. The maximum absolute atomic E-state index is 12.5. The summed E-state index contributed by atoms with van der Waals surface area (Å²) in [7, 11) is 0. The molecular weight excluding hydrogens is 396 g/mol. The van der Waals surface area contributed by atoms with E-state index in [1.165, 1.54) is 0 Å². The Morgan fingerprint density at radius 3 is 2.48 bits per heavy atom. The molecule has 1 aromatic rings. The SMILES string of the molecule is CC1CCC(C)(C)Cc2cc3c(cc2OCC(=O)O)C(C)(C)CCCC(C(=O)O)(C1)O3. The van der Waals surface area contributed by atoms with E-state index in [0.29, 0.717) is 30.8 Å². The first-order chi connectivity index (χ1) is 14.3. The van der Waals surface area contributed by atoms with Crippen molar-refractivity contribution in [3.05, 3.63) is 23.3 Å². The minimum atomic E-state index is -1.25. The third-order valence-electron chi connectivity index (χ3n) is 6.98. The number of hydrogen-bond acceptors (Lipinski definition) is 4. The van der Waals surface area contributed by atoms with Crippen molar-refractivity contribution in [1.29, 1.82) is 0 Å². The number of fused-ring (bicyclic) bond motifs is 2. The quantitative estimate of drug-likeness (QED) is 0.679. The maximum atomic E-state index is 12.5. The summed E-state index contributed by atoms with van der Waals surface area (Å²) >= 11 is 0. The van der Waals surface area contributed by atoms with E-state index in [0.717, 1.165) is 36.8 Å². The summed E-state index contributed by atoms with van der Waals surface area (Å²) in [6.07, 6.45) is 5.05. The number of benzene rings is 1. The Labute approximate surface area is 184 Å². The van der Waals surface area contributed by atoms with Crippen LogP contribution in [-0.4, -0.2) is 34.4 Å². The lowest BCUT2D eigenvalue weighted by Crippen LogP contribution is -2.47. The van der Waals surface area contributed by atoms with Gasteiger partial charge in [-0.2, -0.15) is 0 Å². The summed E-state index contributed by atoms with van der Waals surface area (Å²) in [6.45, 7) is 10.3. The van der Waals surface area contributed by atoms with Gasteiger partial charge in [-0.3, -0.25) is 0 Å². The van der Waals surface area contributed by atoms with Crippen molar-refractivity contribution >= 4 is 11.9 Å². The smallest absolute Gasteiger partial charge is 0.348 e. The largest absolute Gasteiger partial charge is 0.482 e. The first-order valence-corrected chi connectivity index (χ1v) is 11.3. The van der Waals surface area contributed by atoms with Crippen molar-refractivity contribution in [1.82, 2.24) is 0 Å². The molecule has 3 rings (SSSR count). The number of aliphatic carboxylic acids is 2. The molecule has 0 radical (unpaired) electrons. The van der Waals surface area contributed by atoms with E-state index >= 15 is 0 Å². The predicted molar refractivity (Wildman–Crippen MR) is 118 cm³/mol. The molecule has 2 heterocycles. The molecule has 6 heteroatoms. The summed E-state index contributed by atoms with van der Waals surface area (Å²) in [5, 5.41) is 19.4. The van der Waals surface area contributed by atoms with Gasteiger partial charge in [-0.15, -0.1) is 0 Å². The van der Waals surface area contributed by atoms with Gasteiger partial charge in [-0.1, -0.05) is 41.0 Å². The molecule has 172 valence electrons. The molecule has 1 aromatic carbocycles. The molecule has 0 saturated carbocycles. The first kappa shape index (κ1) is 23.4. The van der Waals surface area contributed by atoms with Crippen molar-refractivity contribution < 1.29 is 29.3 Å². The number of carbonyl (C=O) groups is 2. The van der Waals surface area contributed by atoms with E-state index in [1.807, 2.05) is 12.1 Å². The molecule has 3 bridgehead atoms. The van der Waals surface area contributed by atoms with Crippen LogP contribution in [0, 0.1) is 11.3 Å². The van der Waals surface area contributed by atoms with Crippen LogP contribution in [-0.2, 0) is 21.4 Å². The van der Waals surface area contributed by atoms with E-state index in [-0.39, 0.29) is 16.7 Å². The molecule has 0 amide bonds. The number of carboxylic acids is 2. The average molecular weight is 433 g/mol.